The highest BCUT2D eigenvalue weighted by Crippen LogP contribution is 2.56. The molecule has 4 nitrogen and oxygen atoms in total. The number of benzene rings is 2. The first kappa shape index (κ1) is 15.0. The van der Waals surface area contributed by atoms with Crippen LogP contribution in [0.15, 0.2) is 53.4 Å². The molecule has 0 aliphatic carbocycles. The van der Waals surface area contributed by atoms with Crippen molar-refractivity contribution < 1.29 is 14.3 Å². The van der Waals surface area contributed by atoms with Crippen molar-refractivity contribution >= 4 is 51.9 Å². The molecule has 1 fully saturated rings. The average Bonchev–Trinajstić information content (AvgIpc) is 3.04. The molecule has 0 N–H and O–H groups in total. The molecule has 1 saturated heterocycles. The Morgan fingerprint density at radius 2 is 2.04 bits per heavy atom. The number of ether oxygens (including phenoxy) is 1. The second kappa shape index (κ2) is 5.52. The van der Waals surface area contributed by atoms with Crippen molar-refractivity contribution in [3.05, 3.63) is 52.1 Å². The maximum Gasteiger partial charge on any atom is 0.348 e. The molecular weight excluding hydrogens is 425 g/mol. The monoisotopic (exact) mass is 437 g/mol. The van der Waals surface area contributed by atoms with Crippen LogP contribution in [-0.4, -0.2) is 16.7 Å². The molecule has 2 aliphatic rings. The van der Waals surface area contributed by atoms with Crippen LogP contribution in [0.4, 0.5) is 5.69 Å². The van der Waals surface area contributed by atoms with Crippen LogP contribution in [0.25, 0.3) is 0 Å². The molecule has 2 aromatic carbocycles. The standard InChI is InChI=1S/C17H12INO3S/c18-11-4-3-5-12(10-11)22-16(21)17-9-8-15(20)19(17)13-6-1-2-7-14(13)23-17/h1-7,10H,8-9H2. The minimum absolute atomic E-state index is 0.0259. The highest BCUT2D eigenvalue weighted by atomic mass is 127. The number of fused-ring (bicyclic) bond motifs is 3. The molecule has 2 aliphatic heterocycles. The molecule has 2 heterocycles. The molecule has 23 heavy (non-hydrogen) atoms. The molecule has 1 amide bonds. The largest absolute Gasteiger partial charge is 0.424 e. The zero-order valence-corrected chi connectivity index (χ0v) is 15.0. The zero-order chi connectivity index (χ0) is 16.0. The maximum atomic E-state index is 12.9. The normalized spacial score (nSPS) is 22.0. The van der Waals surface area contributed by atoms with Crippen LogP contribution in [0.2, 0.25) is 0 Å². The van der Waals surface area contributed by atoms with Gasteiger partial charge in [-0.2, -0.15) is 0 Å². The van der Waals surface area contributed by atoms with Crippen LogP contribution in [-0.2, 0) is 9.59 Å². The van der Waals surface area contributed by atoms with Crippen molar-refractivity contribution in [1.29, 1.82) is 0 Å². The average molecular weight is 437 g/mol. The number of halogens is 1. The lowest BCUT2D eigenvalue weighted by Crippen LogP contribution is -2.48. The summed E-state index contributed by atoms with van der Waals surface area (Å²) in [5.41, 5.74) is 0.805. The van der Waals surface area contributed by atoms with Gasteiger partial charge in [-0.1, -0.05) is 30.0 Å². The van der Waals surface area contributed by atoms with Gasteiger partial charge >= 0.3 is 5.97 Å². The van der Waals surface area contributed by atoms with Crippen LogP contribution in [0, 0.1) is 3.57 Å². The van der Waals surface area contributed by atoms with E-state index < -0.39 is 4.87 Å². The molecule has 0 bridgehead atoms. The van der Waals surface area contributed by atoms with Crippen LogP contribution in [0.3, 0.4) is 0 Å². The number of nitrogens with zero attached hydrogens (tertiary/aromatic N) is 1. The van der Waals surface area contributed by atoms with E-state index in [-0.39, 0.29) is 11.9 Å². The van der Waals surface area contributed by atoms with E-state index in [1.54, 1.807) is 11.0 Å². The molecule has 1 atom stereocenters. The lowest BCUT2D eigenvalue weighted by molar-refractivity contribution is -0.137. The topological polar surface area (TPSA) is 46.6 Å². The first-order valence-electron chi connectivity index (χ1n) is 7.19. The number of rotatable bonds is 2. The summed E-state index contributed by atoms with van der Waals surface area (Å²) in [6.45, 7) is 0. The van der Waals surface area contributed by atoms with Crippen molar-refractivity contribution in [2.45, 2.75) is 22.6 Å². The van der Waals surface area contributed by atoms with E-state index in [1.807, 2.05) is 42.5 Å². The van der Waals surface area contributed by atoms with Gasteiger partial charge in [0.05, 0.1) is 5.69 Å². The Labute approximate surface area is 151 Å². The van der Waals surface area contributed by atoms with E-state index in [1.165, 1.54) is 11.8 Å². The van der Waals surface area contributed by atoms with E-state index in [2.05, 4.69) is 22.6 Å². The first-order chi connectivity index (χ1) is 11.1. The fourth-order valence-electron chi connectivity index (χ4n) is 2.99. The summed E-state index contributed by atoms with van der Waals surface area (Å²) in [7, 11) is 0. The molecule has 0 spiro atoms. The van der Waals surface area contributed by atoms with Crippen molar-refractivity contribution in [3.63, 3.8) is 0 Å². The number of esters is 1. The molecule has 0 radical (unpaired) electrons. The summed E-state index contributed by atoms with van der Waals surface area (Å²) < 4.78 is 6.60. The molecule has 2 aromatic rings. The van der Waals surface area contributed by atoms with Crippen molar-refractivity contribution in [2.24, 2.45) is 0 Å². The second-order valence-corrected chi connectivity index (χ2v) is 8.00. The fraction of sp³-hybridized carbons (Fsp3) is 0.176. The summed E-state index contributed by atoms with van der Waals surface area (Å²) in [5, 5.41) is 0. The van der Waals surface area contributed by atoms with Gasteiger partial charge in [-0.05, 0) is 52.9 Å². The maximum absolute atomic E-state index is 12.9. The molecule has 0 aromatic heterocycles. The van der Waals surface area contributed by atoms with Crippen molar-refractivity contribution in [1.82, 2.24) is 0 Å². The summed E-state index contributed by atoms with van der Waals surface area (Å²) >= 11 is 3.59. The van der Waals surface area contributed by atoms with Crippen LogP contribution >= 0.6 is 34.4 Å². The second-order valence-electron chi connectivity index (χ2n) is 5.43. The number of thioether (sulfide) groups is 1. The number of amides is 1. The first-order valence-corrected chi connectivity index (χ1v) is 9.09. The van der Waals surface area contributed by atoms with E-state index in [0.29, 0.717) is 18.6 Å². The molecule has 6 heteroatoms. The van der Waals surface area contributed by atoms with Crippen LogP contribution < -0.4 is 9.64 Å². The van der Waals surface area contributed by atoms with E-state index in [4.69, 9.17) is 4.74 Å². The van der Waals surface area contributed by atoms with Crippen molar-refractivity contribution in [3.8, 4) is 5.75 Å². The van der Waals surface area contributed by atoms with Crippen molar-refractivity contribution in [2.75, 3.05) is 4.90 Å². The fourth-order valence-corrected chi connectivity index (χ4v) is 4.90. The number of para-hydroxylation sites is 1. The number of carbonyl (C=O) groups excluding carboxylic acids is 2. The lowest BCUT2D eigenvalue weighted by atomic mass is 10.2. The third-order valence-corrected chi connectivity index (χ3v) is 6.13. The van der Waals surface area contributed by atoms with E-state index in [9.17, 15) is 9.59 Å². The Balaban J connectivity index is 1.70. The zero-order valence-electron chi connectivity index (χ0n) is 12.0. The van der Waals surface area contributed by atoms with Gasteiger partial charge in [0.15, 0.2) is 4.87 Å². The number of hydrogen-bond acceptors (Lipinski definition) is 4. The predicted molar refractivity (Wildman–Crippen MR) is 96.5 cm³/mol. The minimum atomic E-state index is -0.970. The van der Waals surface area contributed by atoms with Crippen LogP contribution in [0.1, 0.15) is 12.8 Å². The lowest BCUT2D eigenvalue weighted by Gasteiger charge is -2.28. The molecule has 1 unspecified atom stereocenters. The quantitative estimate of drug-likeness (QED) is 0.407. The summed E-state index contributed by atoms with van der Waals surface area (Å²) in [6.07, 6.45) is 0.830. The smallest absolute Gasteiger partial charge is 0.348 e. The van der Waals surface area contributed by atoms with Crippen LogP contribution in [0.5, 0.6) is 5.75 Å². The number of carbonyl (C=O) groups is 2. The molecule has 4 rings (SSSR count). The van der Waals surface area contributed by atoms with Gasteiger partial charge in [0.25, 0.3) is 0 Å². The third kappa shape index (κ3) is 2.35. The molecule has 0 saturated carbocycles. The van der Waals surface area contributed by atoms with Gasteiger partial charge in [0, 0.05) is 21.3 Å². The van der Waals surface area contributed by atoms with E-state index in [0.717, 1.165) is 14.2 Å². The van der Waals surface area contributed by atoms with Gasteiger partial charge in [-0.3, -0.25) is 9.69 Å². The highest BCUT2D eigenvalue weighted by molar-refractivity contribution is 14.1. The summed E-state index contributed by atoms with van der Waals surface area (Å²) in [4.78, 5) is 26.8. The van der Waals surface area contributed by atoms with Gasteiger partial charge in [-0.25, -0.2) is 4.79 Å². The van der Waals surface area contributed by atoms with Gasteiger partial charge < -0.3 is 4.74 Å². The number of anilines is 1. The predicted octanol–water partition coefficient (Wildman–Crippen LogP) is 3.83. The molecular formula is C17H12INO3S. The highest BCUT2D eigenvalue weighted by Gasteiger charge is 2.58. The molecule has 116 valence electrons. The van der Waals surface area contributed by atoms with Gasteiger partial charge in [0.1, 0.15) is 5.75 Å². The Bertz CT molecular complexity index is 825. The Morgan fingerprint density at radius 1 is 1.22 bits per heavy atom. The van der Waals surface area contributed by atoms with Gasteiger partial charge in [-0.15, -0.1) is 0 Å². The minimum Gasteiger partial charge on any atom is -0.424 e. The Hall–Kier alpha value is -1.54. The van der Waals surface area contributed by atoms with Gasteiger partial charge in [0.2, 0.25) is 5.91 Å². The summed E-state index contributed by atoms with van der Waals surface area (Å²) in [6, 6.07) is 15.0. The Morgan fingerprint density at radius 3 is 2.87 bits per heavy atom. The SMILES string of the molecule is O=C1CCC2(C(=O)Oc3cccc(I)c3)Sc3ccccc3N12. The summed E-state index contributed by atoms with van der Waals surface area (Å²) in [5.74, 6) is 0.0979. The van der Waals surface area contributed by atoms with E-state index >= 15 is 0 Å². The number of hydrogen-bond donors (Lipinski definition) is 0. The Kier molecular flexibility index (Phi) is 3.60. The third-order valence-electron chi connectivity index (χ3n) is 4.00.